The molecule has 0 unspecified atom stereocenters. The first-order valence-corrected chi connectivity index (χ1v) is 6.32. The van der Waals surface area contributed by atoms with E-state index in [1.165, 1.54) is 11.3 Å². The molecule has 4 nitrogen and oxygen atoms in total. The summed E-state index contributed by atoms with van der Waals surface area (Å²) in [5.74, 6) is 0.403. The number of H-pyrrole nitrogens is 1. The van der Waals surface area contributed by atoms with Crippen LogP contribution in [-0.2, 0) is 0 Å². The molecule has 0 aliphatic heterocycles. The molecule has 7 heteroatoms. The summed E-state index contributed by atoms with van der Waals surface area (Å²) in [7, 11) is 0. The van der Waals surface area contributed by atoms with Crippen molar-refractivity contribution in [1.82, 2.24) is 10.2 Å². The van der Waals surface area contributed by atoms with Crippen LogP contribution in [0.25, 0.3) is 0 Å². The average molecular weight is 351 g/mol. The Bertz CT molecular complexity index is 494. The molecule has 2 rings (SSSR count). The number of carbonyl (C=O) groups excluding carboxylic acids is 1. The van der Waals surface area contributed by atoms with Crippen LogP contribution in [-0.4, -0.2) is 16.1 Å². The highest BCUT2D eigenvalue weighted by atomic mass is 79.9. The maximum absolute atomic E-state index is 11.7. The average Bonchev–Trinajstić information content (AvgIpc) is 2.77. The number of anilines is 1. The Labute approximate surface area is 106 Å². The third-order valence-electron chi connectivity index (χ3n) is 1.63. The first-order chi connectivity index (χ1) is 7.16. The van der Waals surface area contributed by atoms with Gasteiger partial charge in [-0.25, -0.2) is 0 Å². The Morgan fingerprint density at radius 1 is 1.47 bits per heavy atom. The number of aromatic amines is 1. The monoisotopic (exact) mass is 349 g/mol. The molecule has 0 aliphatic carbocycles. The van der Waals surface area contributed by atoms with Gasteiger partial charge in [-0.15, -0.1) is 11.3 Å². The largest absolute Gasteiger partial charge is 0.305 e. The second-order valence-electron chi connectivity index (χ2n) is 2.65. The quantitative estimate of drug-likeness (QED) is 0.873. The van der Waals surface area contributed by atoms with Crippen LogP contribution >= 0.6 is 43.2 Å². The fourth-order valence-electron chi connectivity index (χ4n) is 0.971. The Morgan fingerprint density at radius 3 is 2.80 bits per heavy atom. The van der Waals surface area contributed by atoms with Crippen molar-refractivity contribution in [2.24, 2.45) is 0 Å². The zero-order valence-corrected chi connectivity index (χ0v) is 11.2. The summed E-state index contributed by atoms with van der Waals surface area (Å²) < 4.78 is 1.66. The Balaban J connectivity index is 2.14. The molecular weight excluding hydrogens is 346 g/mol. The first kappa shape index (κ1) is 10.8. The van der Waals surface area contributed by atoms with Crippen molar-refractivity contribution in [2.45, 2.75) is 0 Å². The molecule has 0 atom stereocenters. The van der Waals surface area contributed by atoms with Crippen molar-refractivity contribution in [3.63, 3.8) is 0 Å². The van der Waals surface area contributed by atoms with E-state index in [9.17, 15) is 4.79 Å². The summed E-state index contributed by atoms with van der Waals surface area (Å²) in [4.78, 5) is 12.3. The molecule has 2 N–H and O–H groups in total. The van der Waals surface area contributed by atoms with E-state index in [1.807, 2.05) is 6.07 Å². The number of thiophene rings is 1. The number of nitrogens with zero attached hydrogens (tertiary/aromatic N) is 1. The van der Waals surface area contributed by atoms with Gasteiger partial charge in [-0.2, -0.15) is 5.10 Å². The minimum absolute atomic E-state index is 0.157. The molecule has 2 aromatic heterocycles. The molecule has 15 heavy (non-hydrogen) atoms. The van der Waals surface area contributed by atoms with Gasteiger partial charge in [-0.05, 0) is 44.0 Å². The number of nitrogens with one attached hydrogen (secondary N) is 2. The summed E-state index contributed by atoms with van der Waals surface area (Å²) in [5, 5.41) is 9.16. The van der Waals surface area contributed by atoms with Gasteiger partial charge in [-0.1, -0.05) is 0 Å². The lowest BCUT2D eigenvalue weighted by Crippen LogP contribution is -2.10. The molecule has 2 aromatic rings. The van der Waals surface area contributed by atoms with Gasteiger partial charge in [0, 0.05) is 0 Å². The van der Waals surface area contributed by atoms with Crippen LogP contribution in [0.2, 0.25) is 0 Å². The zero-order chi connectivity index (χ0) is 10.8. The third-order valence-corrected chi connectivity index (χ3v) is 3.85. The maximum atomic E-state index is 11.7. The summed E-state index contributed by atoms with van der Waals surface area (Å²) in [5.41, 5.74) is 0. The van der Waals surface area contributed by atoms with Crippen molar-refractivity contribution in [2.75, 3.05) is 5.32 Å². The maximum Gasteiger partial charge on any atom is 0.266 e. The first-order valence-electron chi connectivity index (χ1n) is 3.92. The SMILES string of the molecule is O=C(Nc1[nH]ncc1Br)c1ccc(Br)s1. The highest BCUT2D eigenvalue weighted by molar-refractivity contribution is 9.11. The van der Waals surface area contributed by atoms with Crippen molar-refractivity contribution in [3.05, 3.63) is 31.5 Å². The Hall–Kier alpha value is -0.660. The van der Waals surface area contributed by atoms with E-state index in [4.69, 9.17) is 0 Å². The number of carbonyl (C=O) groups is 1. The van der Waals surface area contributed by atoms with Crippen LogP contribution in [0.3, 0.4) is 0 Å². The standard InChI is InChI=1S/C8H5Br2N3OS/c9-4-3-11-13-7(4)12-8(14)5-1-2-6(10)15-5/h1-3H,(H2,11,12,13,14). The topological polar surface area (TPSA) is 57.8 Å². The normalized spacial score (nSPS) is 10.3. The molecular formula is C8H5Br2N3OS. The van der Waals surface area contributed by atoms with Gasteiger partial charge >= 0.3 is 0 Å². The van der Waals surface area contributed by atoms with Gasteiger partial charge in [0.2, 0.25) is 0 Å². The van der Waals surface area contributed by atoms with Gasteiger partial charge < -0.3 is 5.32 Å². The van der Waals surface area contributed by atoms with Crippen LogP contribution in [0.4, 0.5) is 5.82 Å². The lowest BCUT2D eigenvalue weighted by atomic mass is 10.4. The van der Waals surface area contributed by atoms with Crippen molar-refractivity contribution >= 4 is 54.9 Å². The third kappa shape index (κ3) is 2.47. The number of rotatable bonds is 2. The number of aromatic nitrogens is 2. The van der Waals surface area contributed by atoms with Crippen molar-refractivity contribution < 1.29 is 4.79 Å². The number of amides is 1. The van der Waals surface area contributed by atoms with Crippen LogP contribution < -0.4 is 5.32 Å². The second-order valence-corrected chi connectivity index (χ2v) is 5.97. The van der Waals surface area contributed by atoms with E-state index in [0.717, 1.165) is 8.26 Å². The lowest BCUT2D eigenvalue weighted by Gasteiger charge is -1.99. The van der Waals surface area contributed by atoms with E-state index < -0.39 is 0 Å². The Kier molecular flexibility index (Phi) is 3.22. The molecule has 0 saturated heterocycles. The predicted molar refractivity (Wildman–Crippen MR) is 66.3 cm³/mol. The minimum Gasteiger partial charge on any atom is -0.305 e. The van der Waals surface area contributed by atoms with Crippen LogP contribution in [0.1, 0.15) is 9.67 Å². The molecule has 0 radical (unpaired) electrons. The van der Waals surface area contributed by atoms with E-state index in [2.05, 4.69) is 47.4 Å². The fraction of sp³-hybridized carbons (Fsp3) is 0. The summed E-state index contributed by atoms with van der Waals surface area (Å²) in [6, 6.07) is 3.59. The van der Waals surface area contributed by atoms with E-state index in [0.29, 0.717) is 10.7 Å². The minimum atomic E-state index is -0.157. The molecule has 0 saturated carbocycles. The van der Waals surface area contributed by atoms with Gasteiger partial charge in [0.15, 0.2) is 0 Å². The lowest BCUT2D eigenvalue weighted by molar-refractivity contribution is 0.103. The number of hydrogen-bond donors (Lipinski definition) is 2. The summed E-state index contributed by atoms with van der Waals surface area (Å²) in [6.45, 7) is 0. The van der Waals surface area contributed by atoms with Crippen LogP contribution in [0, 0.1) is 0 Å². The molecule has 1 amide bonds. The van der Waals surface area contributed by atoms with Crippen LogP contribution in [0.15, 0.2) is 26.6 Å². The summed E-state index contributed by atoms with van der Waals surface area (Å²) in [6.07, 6.45) is 1.58. The molecule has 0 bridgehead atoms. The molecule has 0 aliphatic rings. The Morgan fingerprint density at radius 2 is 2.27 bits per heavy atom. The molecule has 2 heterocycles. The van der Waals surface area contributed by atoms with Gasteiger partial charge in [0.05, 0.1) is 19.3 Å². The summed E-state index contributed by atoms with van der Waals surface area (Å²) >= 11 is 7.94. The molecule has 0 fully saturated rings. The molecule has 0 aromatic carbocycles. The zero-order valence-electron chi connectivity index (χ0n) is 7.25. The van der Waals surface area contributed by atoms with Gasteiger partial charge in [-0.3, -0.25) is 9.89 Å². The van der Waals surface area contributed by atoms with E-state index in [1.54, 1.807) is 12.3 Å². The van der Waals surface area contributed by atoms with E-state index >= 15 is 0 Å². The number of halogens is 2. The molecule has 78 valence electrons. The van der Waals surface area contributed by atoms with Crippen LogP contribution in [0.5, 0.6) is 0 Å². The van der Waals surface area contributed by atoms with Gasteiger partial charge in [0.25, 0.3) is 5.91 Å². The highest BCUT2D eigenvalue weighted by Gasteiger charge is 2.11. The smallest absolute Gasteiger partial charge is 0.266 e. The van der Waals surface area contributed by atoms with E-state index in [-0.39, 0.29) is 5.91 Å². The predicted octanol–water partition coefficient (Wildman–Crippen LogP) is 3.25. The van der Waals surface area contributed by atoms with Crippen molar-refractivity contribution in [3.8, 4) is 0 Å². The second kappa shape index (κ2) is 4.46. The van der Waals surface area contributed by atoms with Gasteiger partial charge in [0.1, 0.15) is 5.82 Å². The number of hydrogen-bond acceptors (Lipinski definition) is 3. The molecule has 0 spiro atoms. The fourth-order valence-corrected chi connectivity index (χ4v) is 2.54. The highest BCUT2D eigenvalue weighted by Crippen LogP contribution is 2.24. The van der Waals surface area contributed by atoms with Crippen molar-refractivity contribution in [1.29, 1.82) is 0 Å².